The fraction of sp³-hybridized carbons (Fsp3) is 0.333. The minimum Gasteiger partial charge on any atom is -0.399 e. The quantitative estimate of drug-likeness (QED) is 0.845. The summed E-state index contributed by atoms with van der Waals surface area (Å²) in [5, 5.41) is 0. The van der Waals surface area contributed by atoms with Crippen LogP contribution in [0.25, 0.3) is 0 Å². The maximum absolute atomic E-state index is 5.91. The van der Waals surface area contributed by atoms with Gasteiger partial charge in [0.2, 0.25) is 0 Å². The van der Waals surface area contributed by atoms with Gasteiger partial charge in [0.05, 0.1) is 0 Å². The van der Waals surface area contributed by atoms with Gasteiger partial charge in [-0.1, -0.05) is 30.3 Å². The Morgan fingerprint density at radius 1 is 1.05 bits per heavy atom. The van der Waals surface area contributed by atoms with Gasteiger partial charge in [0.25, 0.3) is 0 Å². The molecule has 2 N–H and O–H groups in total. The summed E-state index contributed by atoms with van der Waals surface area (Å²) in [6, 6.07) is 15.2. The maximum Gasteiger partial charge on any atom is 0.0317 e. The van der Waals surface area contributed by atoms with Crippen molar-refractivity contribution >= 4 is 5.69 Å². The van der Waals surface area contributed by atoms with Crippen LogP contribution in [0.1, 0.15) is 28.2 Å². The first-order chi connectivity index (χ1) is 9.79. The Hall–Kier alpha value is -1.80. The summed E-state index contributed by atoms with van der Waals surface area (Å²) in [7, 11) is 0. The Bertz CT molecular complexity index is 648. The monoisotopic (exact) mass is 264 g/mol. The molecule has 1 unspecified atom stereocenters. The number of nitrogens with two attached hydrogens (primary N) is 1. The third-order valence-corrected chi connectivity index (χ3v) is 4.76. The highest BCUT2D eigenvalue weighted by Crippen LogP contribution is 2.36. The van der Waals surface area contributed by atoms with Crippen LogP contribution in [-0.2, 0) is 19.4 Å². The molecule has 20 heavy (non-hydrogen) atoms. The van der Waals surface area contributed by atoms with Gasteiger partial charge in [0.15, 0.2) is 0 Å². The molecule has 2 aliphatic rings. The highest BCUT2D eigenvalue weighted by molar-refractivity contribution is 5.46. The number of anilines is 1. The molecule has 0 saturated carbocycles. The number of benzene rings is 2. The molecule has 2 aromatic rings. The predicted molar refractivity (Wildman–Crippen MR) is 82.7 cm³/mol. The summed E-state index contributed by atoms with van der Waals surface area (Å²) >= 11 is 0. The van der Waals surface area contributed by atoms with E-state index in [0.717, 1.165) is 24.6 Å². The lowest BCUT2D eigenvalue weighted by Crippen LogP contribution is -2.37. The molecule has 0 saturated heterocycles. The molecule has 0 aromatic heterocycles. The zero-order valence-electron chi connectivity index (χ0n) is 11.7. The van der Waals surface area contributed by atoms with E-state index in [9.17, 15) is 0 Å². The standard InChI is InChI=1S/C18H20N2/c19-17-6-5-13-7-8-20(11-15(13)10-17)12-16-9-14-3-1-2-4-18(14)16/h1-6,10,16H,7-9,11-12,19H2. The zero-order chi connectivity index (χ0) is 13.5. The molecule has 0 radical (unpaired) electrons. The maximum atomic E-state index is 5.91. The number of hydrogen-bond donors (Lipinski definition) is 1. The van der Waals surface area contributed by atoms with Gasteiger partial charge in [-0.25, -0.2) is 0 Å². The number of nitrogen functional groups attached to an aromatic ring is 1. The number of nitrogens with zero attached hydrogens (tertiary/aromatic N) is 1. The zero-order valence-corrected chi connectivity index (χ0v) is 11.7. The summed E-state index contributed by atoms with van der Waals surface area (Å²) in [4.78, 5) is 2.59. The van der Waals surface area contributed by atoms with Crippen LogP contribution in [0.2, 0.25) is 0 Å². The molecular weight excluding hydrogens is 244 g/mol. The highest BCUT2D eigenvalue weighted by atomic mass is 15.1. The normalized spacial score (nSPS) is 20.9. The molecule has 0 spiro atoms. The van der Waals surface area contributed by atoms with Crippen molar-refractivity contribution in [3.8, 4) is 0 Å². The van der Waals surface area contributed by atoms with E-state index in [1.807, 2.05) is 6.07 Å². The van der Waals surface area contributed by atoms with Crippen molar-refractivity contribution in [2.75, 3.05) is 18.8 Å². The van der Waals surface area contributed by atoms with Crippen LogP contribution in [0.5, 0.6) is 0 Å². The molecule has 0 amide bonds. The minimum atomic E-state index is 0.730. The van der Waals surface area contributed by atoms with Crippen molar-refractivity contribution < 1.29 is 0 Å². The van der Waals surface area contributed by atoms with Gasteiger partial charge in [0, 0.05) is 31.2 Å². The van der Waals surface area contributed by atoms with E-state index in [0.29, 0.717) is 0 Å². The molecule has 1 atom stereocenters. The van der Waals surface area contributed by atoms with E-state index in [-0.39, 0.29) is 0 Å². The minimum absolute atomic E-state index is 0.730. The summed E-state index contributed by atoms with van der Waals surface area (Å²) in [5.74, 6) is 0.730. The highest BCUT2D eigenvalue weighted by Gasteiger charge is 2.28. The van der Waals surface area contributed by atoms with Crippen LogP contribution in [0, 0.1) is 0 Å². The van der Waals surface area contributed by atoms with Crippen LogP contribution in [0.15, 0.2) is 42.5 Å². The number of hydrogen-bond acceptors (Lipinski definition) is 2. The molecule has 0 bridgehead atoms. The van der Waals surface area contributed by atoms with E-state index >= 15 is 0 Å². The van der Waals surface area contributed by atoms with E-state index < -0.39 is 0 Å². The Kier molecular flexibility index (Phi) is 2.78. The Labute approximate surface area is 120 Å². The van der Waals surface area contributed by atoms with E-state index in [4.69, 9.17) is 5.73 Å². The summed E-state index contributed by atoms with van der Waals surface area (Å²) in [6.07, 6.45) is 2.40. The lowest BCUT2D eigenvalue weighted by Gasteiger charge is -2.37. The molecule has 2 nitrogen and oxygen atoms in total. The van der Waals surface area contributed by atoms with Gasteiger partial charge in [-0.15, -0.1) is 0 Å². The lowest BCUT2D eigenvalue weighted by molar-refractivity contribution is 0.230. The second-order valence-corrected chi connectivity index (χ2v) is 6.11. The van der Waals surface area contributed by atoms with Crippen molar-refractivity contribution in [3.05, 3.63) is 64.7 Å². The summed E-state index contributed by atoms with van der Waals surface area (Å²) < 4.78 is 0. The molecule has 4 rings (SSSR count). The second-order valence-electron chi connectivity index (χ2n) is 6.11. The smallest absolute Gasteiger partial charge is 0.0317 e. The van der Waals surface area contributed by atoms with Crippen LogP contribution < -0.4 is 5.73 Å². The van der Waals surface area contributed by atoms with Gasteiger partial charge in [-0.2, -0.15) is 0 Å². The van der Waals surface area contributed by atoms with E-state index in [2.05, 4.69) is 41.3 Å². The van der Waals surface area contributed by atoms with Gasteiger partial charge in [-0.3, -0.25) is 4.90 Å². The third-order valence-electron chi connectivity index (χ3n) is 4.76. The number of rotatable bonds is 2. The fourth-order valence-electron chi connectivity index (χ4n) is 3.63. The topological polar surface area (TPSA) is 29.3 Å². The fourth-order valence-corrected chi connectivity index (χ4v) is 3.63. The van der Waals surface area contributed by atoms with Crippen LogP contribution in [0.4, 0.5) is 5.69 Å². The number of fused-ring (bicyclic) bond motifs is 2. The van der Waals surface area contributed by atoms with Crippen molar-refractivity contribution in [2.45, 2.75) is 25.3 Å². The van der Waals surface area contributed by atoms with Crippen LogP contribution >= 0.6 is 0 Å². The average Bonchev–Trinajstić information content (AvgIpc) is 2.44. The molecule has 2 heteroatoms. The van der Waals surface area contributed by atoms with Gasteiger partial charge in [0.1, 0.15) is 0 Å². The first-order valence-electron chi connectivity index (χ1n) is 7.47. The van der Waals surface area contributed by atoms with E-state index in [1.54, 1.807) is 11.1 Å². The van der Waals surface area contributed by atoms with Crippen LogP contribution in [0.3, 0.4) is 0 Å². The first kappa shape index (κ1) is 12.0. The van der Waals surface area contributed by atoms with Crippen molar-refractivity contribution in [1.82, 2.24) is 4.90 Å². The van der Waals surface area contributed by atoms with Crippen LogP contribution in [-0.4, -0.2) is 18.0 Å². The first-order valence-corrected chi connectivity index (χ1v) is 7.47. The average molecular weight is 264 g/mol. The third kappa shape index (κ3) is 2.01. The molecule has 0 fully saturated rings. The van der Waals surface area contributed by atoms with Crippen molar-refractivity contribution in [2.24, 2.45) is 0 Å². The van der Waals surface area contributed by atoms with Crippen molar-refractivity contribution in [1.29, 1.82) is 0 Å². The molecule has 1 heterocycles. The molecule has 1 aliphatic carbocycles. The van der Waals surface area contributed by atoms with Gasteiger partial charge < -0.3 is 5.73 Å². The Morgan fingerprint density at radius 3 is 2.85 bits per heavy atom. The molecular formula is C18H20N2. The summed E-state index contributed by atoms with van der Waals surface area (Å²) in [5.41, 5.74) is 12.8. The Balaban J connectivity index is 1.47. The molecule has 1 aliphatic heterocycles. The van der Waals surface area contributed by atoms with Gasteiger partial charge in [-0.05, 0) is 47.2 Å². The SMILES string of the molecule is Nc1ccc2c(c1)CN(CC1Cc3ccccc31)CC2. The molecule has 102 valence electrons. The Morgan fingerprint density at radius 2 is 1.95 bits per heavy atom. The van der Waals surface area contributed by atoms with Crippen molar-refractivity contribution in [3.63, 3.8) is 0 Å². The second kappa shape index (κ2) is 4.64. The van der Waals surface area contributed by atoms with E-state index in [1.165, 1.54) is 30.6 Å². The van der Waals surface area contributed by atoms with Gasteiger partial charge >= 0.3 is 0 Å². The molecule has 2 aromatic carbocycles. The summed E-state index contributed by atoms with van der Waals surface area (Å²) in [6.45, 7) is 3.42. The predicted octanol–water partition coefficient (Wildman–Crippen LogP) is 2.97. The largest absolute Gasteiger partial charge is 0.399 e. The lowest BCUT2D eigenvalue weighted by atomic mass is 9.77.